The first-order valence-electron chi connectivity index (χ1n) is 11.8. The number of nitrogens with zero attached hydrogens (tertiary/aromatic N) is 4. The number of piperazine rings is 1. The van der Waals surface area contributed by atoms with Crippen LogP contribution in [-0.2, 0) is 26.0 Å². The molecule has 3 aliphatic heterocycles. The van der Waals surface area contributed by atoms with Gasteiger partial charge in [-0.1, -0.05) is 30.3 Å². The van der Waals surface area contributed by atoms with Gasteiger partial charge in [-0.3, -0.25) is 14.5 Å². The number of hydrogen-bond donors (Lipinski definition) is 1. The quantitative estimate of drug-likeness (QED) is 0.549. The molecule has 1 atom stereocenters. The molecule has 2 fully saturated rings. The van der Waals surface area contributed by atoms with E-state index in [0.29, 0.717) is 25.1 Å². The van der Waals surface area contributed by atoms with Crippen molar-refractivity contribution in [2.45, 2.75) is 38.3 Å². The molecule has 1 unspecified atom stereocenters. The summed E-state index contributed by atoms with van der Waals surface area (Å²) in [6.45, 7) is 6.59. The molecule has 0 aromatic heterocycles. The number of hydrogen-bond acceptors (Lipinski definition) is 7. The fourth-order valence-corrected chi connectivity index (χ4v) is 6.30. The molecule has 0 saturated carbocycles. The molecule has 0 radical (unpaired) electrons. The minimum absolute atomic E-state index is 0.0685. The van der Waals surface area contributed by atoms with Gasteiger partial charge in [-0.2, -0.15) is 5.10 Å². The van der Waals surface area contributed by atoms with Gasteiger partial charge in [-0.15, -0.1) is 0 Å². The zero-order valence-electron chi connectivity index (χ0n) is 19.0. The largest absolute Gasteiger partial charge is 0.351 e. The van der Waals surface area contributed by atoms with Crippen molar-refractivity contribution < 1.29 is 18.0 Å². The SMILES string of the molecule is O=C(NCCCN1CCN(Cc2ccccc2)CC1)C1=NN(C2CCS(=O)(=O)C2)C(=O)CC1. The maximum absolute atomic E-state index is 12.5. The van der Waals surface area contributed by atoms with Crippen molar-refractivity contribution >= 4 is 27.4 Å². The Morgan fingerprint density at radius 3 is 2.48 bits per heavy atom. The summed E-state index contributed by atoms with van der Waals surface area (Å²) < 4.78 is 23.5. The summed E-state index contributed by atoms with van der Waals surface area (Å²) in [6, 6.07) is 10.1. The first-order chi connectivity index (χ1) is 15.9. The van der Waals surface area contributed by atoms with E-state index in [9.17, 15) is 18.0 Å². The number of rotatable bonds is 8. The highest BCUT2D eigenvalue weighted by molar-refractivity contribution is 7.91. The average molecular weight is 476 g/mol. The van der Waals surface area contributed by atoms with Crippen LogP contribution in [0.5, 0.6) is 0 Å². The first-order valence-corrected chi connectivity index (χ1v) is 13.6. The number of carbonyl (C=O) groups excluding carboxylic acids is 2. The van der Waals surface area contributed by atoms with Gasteiger partial charge in [0, 0.05) is 52.1 Å². The lowest BCUT2D eigenvalue weighted by molar-refractivity contribution is -0.133. The Labute approximate surface area is 195 Å². The Kier molecular flexibility index (Phi) is 7.77. The average Bonchev–Trinajstić information content (AvgIpc) is 3.18. The number of nitrogens with one attached hydrogen (secondary N) is 1. The molecule has 0 bridgehead atoms. The molecule has 2 saturated heterocycles. The van der Waals surface area contributed by atoms with E-state index < -0.39 is 15.9 Å². The highest BCUT2D eigenvalue weighted by Crippen LogP contribution is 2.22. The third kappa shape index (κ3) is 6.61. The van der Waals surface area contributed by atoms with Gasteiger partial charge < -0.3 is 10.2 Å². The minimum Gasteiger partial charge on any atom is -0.351 e. The van der Waals surface area contributed by atoms with E-state index in [0.717, 1.165) is 45.7 Å². The summed E-state index contributed by atoms with van der Waals surface area (Å²) in [7, 11) is -3.13. The van der Waals surface area contributed by atoms with Crippen LogP contribution >= 0.6 is 0 Å². The maximum Gasteiger partial charge on any atom is 0.267 e. The van der Waals surface area contributed by atoms with Gasteiger partial charge in [0.15, 0.2) is 9.84 Å². The zero-order chi connectivity index (χ0) is 23.3. The predicted molar refractivity (Wildman–Crippen MR) is 126 cm³/mol. The standard InChI is InChI=1S/C23H33N5O4S/c29-22-8-7-21(25-28(22)20-9-16-33(31,32)18-20)23(30)24-10-4-11-26-12-14-27(15-13-26)17-19-5-2-1-3-6-19/h1-3,5-6,20H,4,7-18H2,(H,24,30). The topological polar surface area (TPSA) is 102 Å². The number of benzene rings is 1. The summed E-state index contributed by atoms with van der Waals surface area (Å²) in [5.41, 5.74) is 1.66. The van der Waals surface area contributed by atoms with Crippen LogP contribution in [0.3, 0.4) is 0 Å². The van der Waals surface area contributed by atoms with E-state index in [4.69, 9.17) is 0 Å². The molecule has 3 aliphatic rings. The minimum atomic E-state index is -3.13. The molecule has 1 aromatic carbocycles. The van der Waals surface area contributed by atoms with Crippen molar-refractivity contribution in [3.63, 3.8) is 0 Å². The molecule has 0 aliphatic carbocycles. The van der Waals surface area contributed by atoms with Gasteiger partial charge in [-0.25, -0.2) is 13.4 Å². The fourth-order valence-electron chi connectivity index (χ4n) is 4.61. The lowest BCUT2D eigenvalue weighted by atomic mass is 10.1. The van der Waals surface area contributed by atoms with Crippen LogP contribution in [0.1, 0.15) is 31.2 Å². The molecular weight excluding hydrogens is 442 g/mol. The second-order valence-electron chi connectivity index (χ2n) is 9.05. The summed E-state index contributed by atoms with van der Waals surface area (Å²) in [6.07, 6.45) is 1.71. The van der Waals surface area contributed by atoms with E-state index in [1.54, 1.807) is 0 Å². The third-order valence-electron chi connectivity index (χ3n) is 6.53. The van der Waals surface area contributed by atoms with E-state index in [1.807, 2.05) is 6.07 Å². The van der Waals surface area contributed by atoms with Gasteiger partial charge in [0.2, 0.25) is 5.91 Å². The van der Waals surface area contributed by atoms with Crippen LogP contribution < -0.4 is 5.32 Å². The monoisotopic (exact) mass is 475 g/mol. The van der Waals surface area contributed by atoms with Crippen LogP contribution in [-0.4, -0.2) is 97.6 Å². The summed E-state index contributed by atoms with van der Waals surface area (Å²) in [5, 5.41) is 8.38. The molecule has 33 heavy (non-hydrogen) atoms. The molecule has 2 amide bonds. The Morgan fingerprint density at radius 2 is 1.79 bits per heavy atom. The molecule has 1 N–H and O–H groups in total. The van der Waals surface area contributed by atoms with Gasteiger partial charge in [0.25, 0.3) is 5.91 Å². The third-order valence-corrected chi connectivity index (χ3v) is 8.28. The first kappa shape index (κ1) is 23.8. The van der Waals surface area contributed by atoms with Crippen molar-refractivity contribution in [1.29, 1.82) is 0 Å². The van der Waals surface area contributed by atoms with Gasteiger partial charge >= 0.3 is 0 Å². The van der Waals surface area contributed by atoms with Gasteiger partial charge in [-0.05, 0) is 24.9 Å². The molecule has 9 nitrogen and oxygen atoms in total. The van der Waals surface area contributed by atoms with Crippen LogP contribution in [0.4, 0.5) is 0 Å². The van der Waals surface area contributed by atoms with E-state index in [1.165, 1.54) is 10.6 Å². The van der Waals surface area contributed by atoms with Gasteiger partial charge in [0.05, 0.1) is 17.5 Å². The smallest absolute Gasteiger partial charge is 0.267 e. The second-order valence-corrected chi connectivity index (χ2v) is 11.3. The Bertz CT molecular complexity index is 974. The molecule has 4 rings (SSSR count). The van der Waals surface area contributed by atoms with Crippen LogP contribution in [0.2, 0.25) is 0 Å². The normalized spacial score (nSPS) is 24.0. The summed E-state index contributed by atoms with van der Waals surface area (Å²) in [4.78, 5) is 29.6. The number of sulfone groups is 1. The second kappa shape index (κ2) is 10.8. The van der Waals surface area contributed by atoms with E-state index in [2.05, 4.69) is 44.5 Å². The maximum atomic E-state index is 12.5. The molecular formula is C23H33N5O4S. The van der Waals surface area contributed by atoms with Crippen LogP contribution in [0.25, 0.3) is 0 Å². The lowest BCUT2D eigenvalue weighted by Crippen LogP contribution is -2.46. The predicted octanol–water partition coefficient (Wildman–Crippen LogP) is 0.476. The highest BCUT2D eigenvalue weighted by atomic mass is 32.2. The number of amides is 2. The summed E-state index contributed by atoms with van der Waals surface area (Å²) in [5.74, 6) is -0.476. The molecule has 3 heterocycles. The van der Waals surface area contributed by atoms with Crippen LogP contribution in [0, 0.1) is 0 Å². The van der Waals surface area contributed by atoms with E-state index in [-0.39, 0.29) is 29.7 Å². The Hall–Kier alpha value is -2.30. The van der Waals surface area contributed by atoms with Crippen LogP contribution in [0.15, 0.2) is 35.4 Å². The lowest BCUT2D eigenvalue weighted by Gasteiger charge is -2.34. The highest BCUT2D eigenvalue weighted by Gasteiger charge is 2.37. The Balaban J connectivity index is 1.16. The van der Waals surface area contributed by atoms with Crippen molar-refractivity contribution in [3.8, 4) is 0 Å². The van der Waals surface area contributed by atoms with Crippen molar-refractivity contribution in [2.75, 3.05) is 50.8 Å². The summed E-state index contributed by atoms with van der Waals surface area (Å²) >= 11 is 0. The van der Waals surface area contributed by atoms with Gasteiger partial charge in [0.1, 0.15) is 5.71 Å². The molecule has 180 valence electrons. The Morgan fingerprint density at radius 1 is 1.06 bits per heavy atom. The van der Waals surface area contributed by atoms with Crippen molar-refractivity contribution in [3.05, 3.63) is 35.9 Å². The molecule has 0 spiro atoms. The fraction of sp³-hybridized carbons (Fsp3) is 0.609. The number of hydrazone groups is 1. The number of carbonyl (C=O) groups is 2. The van der Waals surface area contributed by atoms with Crippen molar-refractivity contribution in [2.24, 2.45) is 5.10 Å². The zero-order valence-corrected chi connectivity index (χ0v) is 19.8. The molecule has 10 heteroatoms. The molecule has 1 aromatic rings. The van der Waals surface area contributed by atoms with Crippen molar-refractivity contribution in [1.82, 2.24) is 20.1 Å². The van der Waals surface area contributed by atoms with E-state index >= 15 is 0 Å².